The molecule has 0 saturated carbocycles. The number of aromatic amines is 1. The average Bonchev–Trinajstić information content (AvgIpc) is 3.38. The normalized spacial score (nSPS) is 14.7. The zero-order chi connectivity index (χ0) is 20.2. The summed E-state index contributed by atoms with van der Waals surface area (Å²) in [5, 5.41) is 9.91. The van der Waals surface area contributed by atoms with Crippen LogP contribution in [-0.2, 0) is 13.2 Å². The van der Waals surface area contributed by atoms with E-state index in [9.17, 15) is 5.11 Å². The van der Waals surface area contributed by atoms with Crippen LogP contribution in [0.15, 0.2) is 24.4 Å². The molecule has 154 valence electrons. The third-order valence-corrected chi connectivity index (χ3v) is 5.50. The number of nitrogens with two attached hydrogens (primary N) is 1. The van der Waals surface area contributed by atoms with Crippen LogP contribution < -0.4 is 10.5 Å². The maximum Gasteiger partial charge on any atom is 0.319 e. The van der Waals surface area contributed by atoms with Gasteiger partial charge in [0.2, 0.25) is 0 Å². The number of aliphatic hydroxyl groups excluding tert-OH is 1. The van der Waals surface area contributed by atoms with Crippen molar-refractivity contribution in [3.05, 3.63) is 35.5 Å². The summed E-state index contributed by atoms with van der Waals surface area (Å²) in [5.74, 6) is 0.367. The highest BCUT2D eigenvalue weighted by Crippen LogP contribution is 2.34. The molecule has 0 unspecified atom stereocenters. The smallest absolute Gasteiger partial charge is 0.319 e. The van der Waals surface area contributed by atoms with Crippen molar-refractivity contribution < 1.29 is 9.84 Å². The van der Waals surface area contributed by atoms with Gasteiger partial charge in [0.1, 0.15) is 11.0 Å². The van der Waals surface area contributed by atoms with Crippen LogP contribution in [0.3, 0.4) is 0 Å². The summed E-state index contributed by atoms with van der Waals surface area (Å²) in [7, 11) is 0. The summed E-state index contributed by atoms with van der Waals surface area (Å²) in [4.78, 5) is 14.5. The molecule has 7 nitrogen and oxygen atoms in total. The number of unbranched alkanes of at least 4 members (excludes halogenated alkanes) is 1. The van der Waals surface area contributed by atoms with E-state index in [4.69, 9.17) is 10.5 Å². The average molecular weight is 396 g/mol. The summed E-state index contributed by atoms with van der Waals surface area (Å²) in [5.41, 5.74) is 11.5. The molecule has 1 aliphatic heterocycles. The van der Waals surface area contributed by atoms with Crippen LogP contribution in [0.2, 0.25) is 0 Å². The highest BCUT2D eigenvalue weighted by molar-refractivity contribution is 5.98. The Bertz CT molecular complexity index is 979. The van der Waals surface area contributed by atoms with E-state index in [0.29, 0.717) is 24.0 Å². The lowest BCUT2D eigenvalue weighted by molar-refractivity contribution is 0.282. The van der Waals surface area contributed by atoms with Crippen LogP contribution in [0, 0.1) is 0 Å². The van der Waals surface area contributed by atoms with E-state index in [0.717, 1.165) is 54.7 Å². The summed E-state index contributed by atoms with van der Waals surface area (Å²) in [6.07, 6.45) is 6.40. The second-order valence-corrected chi connectivity index (χ2v) is 7.65. The number of aliphatic hydroxyl groups is 1. The van der Waals surface area contributed by atoms with E-state index >= 15 is 0 Å². The van der Waals surface area contributed by atoms with E-state index in [1.165, 1.54) is 18.4 Å². The quantitative estimate of drug-likeness (QED) is 0.505. The molecule has 1 saturated heterocycles. The molecule has 0 radical (unpaired) electrons. The Balaban J connectivity index is 1.72. The first-order valence-electron chi connectivity index (χ1n) is 10.4. The predicted molar refractivity (Wildman–Crippen MR) is 115 cm³/mol. The van der Waals surface area contributed by atoms with Crippen molar-refractivity contribution >= 4 is 16.9 Å². The van der Waals surface area contributed by atoms with Crippen LogP contribution in [0.1, 0.15) is 43.7 Å². The summed E-state index contributed by atoms with van der Waals surface area (Å²) < 4.78 is 5.69. The minimum Gasteiger partial charge on any atom is -0.463 e. The minimum absolute atomic E-state index is 0.0353. The minimum atomic E-state index is -0.0353. The molecule has 1 aliphatic rings. The second-order valence-electron chi connectivity index (χ2n) is 7.65. The van der Waals surface area contributed by atoms with Gasteiger partial charge >= 0.3 is 6.01 Å². The van der Waals surface area contributed by atoms with E-state index in [1.807, 2.05) is 12.3 Å². The second kappa shape index (κ2) is 8.80. The van der Waals surface area contributed by atoms with Gasteiger partial charge in [-0.2, -0.15) is 9.97 Å². The van der Waals surface area contributed by atoms with Gasteiger partial charge in [-0.15, -0.1) is 0 Å². The number of fused-ring (bicyclic) bond motifs is 1. The van der Waals surface area contributed by atoms with E-state index in [-0.39, 0.29) is 6.61 Å². The van der Waals surface area contributed by atoms with Crippen molar-refractivity contribution in [3.8, 4) is 17.1 Å². The maximum absolute atomic E-state index is 9.91. The molecule has 4 rings (SSSR count). The van der Waals surface area contributed by atoms with Gasteiger partial charge in [-0.3, -0.25) is 4.90 Å². The standard InChI is InChI=1S/C22H29N5O2/c1-2-3-10-29-22-25-19-18(12-24-20(19)21(23)26-22)17-11-15(6-7-16(17)14-28)13-27-8-4-5-9-27/h6-7,11-12,24,28H,2-5,8-10,13-14H2,1H3,(H2,23,25,26). The van der Waals surface area contributed by atoms with Crippen molar-refractivity contribution in [1.29, 1.82) is 0 Å². The van der Waals surface area contributed by atoms with Crippen LogP contribution in [-0.4, -0.2) is 44.7 Å². The number of rotatable bonds is 8. The van der Waals surface area contributed by atoms with Gasteiger partial charge in [-0.25, -0.2) is 0 Å². The number of H-pyrrole nitrogens is 1. The zero-order valence-electron chi connectivity index (χ0n) is 16.9. The lowest BCUT2D eigenvalue weighted by Gasteiger charge is -2.16. The first kappa shape index (κ1) is 19.7. The van der Waals surface area contributed by atoms with E-state index in [1.54, 1.807) is 0 Å². The van der Waals surface area contributed by atoms with Crippen LogP contribution in [0.5, 0.6) is 6.01 Å². The Morgan fingerprint density at radius 1 is 1.21 bits per heavy atom. The van der Waals surface area contributed by atoms with Crippen molar-refractivity contribution in [3.63, 3.8) is 0 Å². The Kier molecular flexibility index (Phi) is 5.97. The van der Waals surface area contributed by atoms with Gasteiger partial charge in [0, 0.05) is 18.3 Å². The maximum atomic E-state index is 9.91. The lowest BCUT2D eigenvalue weighted by Crippen LogP contribution is -2.18. The Morgan fingerprint density at radius 3 is 2.79 bits per heavy atom. The third kappa shape index (κ3) is 4.21. The van der Waals surface area contributed by atoms with Gasteiger partial charge in [-0.05, 0) is 55.1 Å². The number of likely N-dealkylation sites (tertiary alicyclic amines) is 1. The van der Waals surface area contributed by atoms with E-state index in [2.05, 4.69) is 38.9 Å². The van der Waals surface area contributed by atoms with Crippen molar-refractivity contribution in [2.45, 2.75) is 45.8 Å². The molecule has 3 aromatic rings. The number of hydrogen-bond acceptors (Lipinski definition) is 6. The number of nitrogens with one attached hydrogen (secondary N) is 1. The van der Waals surface area contributed by atoms with Gasteiger partial charge in [-0.1, -0.05) is 25.5 Å². The molecule has 0 spiro atoms. The number of hydrogen-bond donors (Lipinski definition) is 3. The van der Waals surface area contributed by atoms with Crippen molar-refractivity contribution in [2.75, 3.05) is 25.4 Å². The van der Waals surface area contributed by atoms with Gasteiger partial charge in [0.05, 0.1) is 13.2 Å². The molecular weight excluding hydrogens is 366 g/mol. The molecule has 0 bridgehead atoms. The predicted octanol–water partition coefficient (Wildman–Crippen LogP) is 3.47. The van der Waals surface area contributed by atoms with Gasteiger partial charge in [0.15, 0.2) is 5.82 Å². The molecule has 2 aromatic heterocycles. The molecule has 29 heavy (non-hydrogen) atoms. The monoisotopic (exact) mass is 395 g/mol. The third-order valence-electron chi connectivity index (χ3n) is 5.50. The van der Waals surface area contributed by atoms with Crippen molar-refractivity contribution in [1.82, 2.24) is 19.9 Å². The molecule has 1 aromatic carbocycles. The fourth-order valence-corrected chi connectivity index (χ4v) is 3.89. The fourth-order valence-electron chi connectivity index (χ4n) is 3.89. The number of nitrogen functional groups attached to an aromatic ring is 1. The molecule has 3 heterocycles. The first-order chi connectivity index (χ1) is 14.2. The summed E-state index contributed by atoms with van der Waals surface area (Å²) in [6, 6.07) is 6.55. The van der Waals surface area contributed by atoms with E-state index < -0.39 is 0 Å². The Hall–Kier alpha value is -2.64. The summed E-state index contributed by atoms with van der Waals surface area (Å²) >= 11 is 0. The Labute approximate surface area is 170 Å². The number of ether oxygens (including phenoxy) is 1. The molecule has 7 heteroatoms. The lowest BCUT2D eigenvalue weighted by atomic mass is 9.98. The first-order valence-corrected chi connectivity index (χ1v) is 10.4. The van der Waals surface area contributed by atoms with Gasteiger partial charge < -0.3 is 20.6 Å². The summed E-state index contributed by atoms with van der Waals surface area (Å²) in [6.45, 7) is 5.85. The topological polar surface area (TPSA) is 100 Å². The van der Waals surface area contributed by atoms with Crippen LogP contribution in [0.25, 0.3) is 22.2 Å². The molecular formula is C22H29N5O2. The largest absolute Gasteiger partial charge is 0.463 e. The molecule has 1 fully saturated rings. The van der Waals surface area contributed by atoms with Gasteiger partial charge in [0.25, 0.3) is 0 Å². The number of benzene rings is 1. The molecule has 0 aliphatic carbocycles. The van der Waals surface area contributed by atoms with Crippen LogP contribution >= 0.6 is 0 Å². The highest BCUT2D eigenvalue weighted by Gasteiger charge is 2.18. The zero-order valence-corrected chi connectivity index (χ0v) is 16.9. The number of nitrogens with zero attached hydrogens (tertiary/aromatic N) is 3. The fraction of sp³-hybridized carbons (Fsp3) is 0.455. The highest BCUT2D eigenvalue weighted by atomic mass is 16.5. The number of aromatic nitrogens is 3. The number of anilines is 1. The van der Waals surface area contributed by atoms with Crippen LogP contribution in [0.4, 0.5) is 5.82 Å². The Morgan fingerprint density at radius 2 is 2.03 bits per heavy atom. The molecule has 4 N–H and O–H groups in total. The SMILES string of the molecule is CCCCOc1nc(N)c2[nH]cc(-c3cc(CN4CCCC4)ccc3CO)c2n1. The molecule has 0 amide bonds. The van der Waals surface area contributed by atoms with Crippen molar-refractivity contribution in [2.24, 2.45) is 0 Å². The molecule has 0 atom stereocenters.